The molecule has 2 rings (SSSR count). The molecule has 4 heteroatoms. The summed E-state index contributed by atoms with van der Waals surface area (Å²) in [5.74, 6) is 0.883. The summed E-state index contributed by atoms with van der Waals surface area (Å²) < 4.78 is 5.08. The number of hydrogen-bond acceptors (Lipinski definition) is 4. The lowest BCUT2D eigenvalue weighted by molar-refractivity contribution is 0.394. The van der Waals surface area contributed by atoms with Crippen LogP contribution in [0.25, 0.3) is 0 Å². The minimum absolute atomic E-state index is 0.432. The second kappa shape index (κ2) is 4.28. The molecule has 0 radical (unpaired) electrons. The molecule has 1 atom stereocenters. The van der Waals surface area contributed by atoms with Gasteiger partial charge in [0.05, 0.1) is 7.11 Å². The Balaban J connectivity index is 2.30. The summed E-state index contributed by atoms with van der Waals surface area (Å²) in [4.78, 5) is 4.36. The van der Waals surface area contributed by atoms with E-state index in [1.165, 1.54) is 0 Å². The van der Waals surface area contributed by atoms with Crippen LogP contribution in [0.4, 0.5) is 0 Å². The van der Waals surface area contributed by atoms with Gasteiger partial charge < -0.3 is 10.1 Å². The first kappa shape index (κ1) is 9.94. The average Bonchev–Trinajstić information content (AvgIpc) is 2.81. The standard InChI is InChI=1S/C11H13N3O/c1-15-11-8(6-12)2-3-10(14-11)9-4-5-13-7-9/h2-3,9,13H,4-5,7H2,1H3. The molecule has 0 bridgehead atoms. The Morgan fingerprint density at radius 2 is 2.47 bits per heavy atom. The molecule has 1 N–H and O–H groups in total. The van der Waals surface area contributed by atoms with E-state index in [2.05, 4.69) is 16.4 Å². The van der Waals surface area contributed by atoms with Gasteiger partial charge in [0.1, 0.15) is 11.6 Å². The Morgan fingerprint density at radius 3 is 3.07 bits per heavy atom. The molecule has 0 aromatic carbocycles. The molecule has 1 aliphatic heterocycles. The summed E-state index contributed by atoms with van der Waals surface area (Å²) in [6, 6.07) is 5.75. The molecule has 1 aromatic rings. The van der Waals surface area contributed by atoms with Crippen LogP contribution in [0.5, 0.6) is 5.88 Å². The van der Waals surface area contributed by atoms with Gasteiger partial charge in [0.25, 0.3) is 0 Å². The number of aromatic nitrogens is 1. The van der Waals surface area contributed by atoms with Crippen molar-refractivity contribution in [2.75, 3.05) is 20.2 Å². The van der Waals surface area contributed by atoms with Gasteiger partial charge in [0.15, 0.2) is 0 Å². The van der Waals surface area contributed by atoms with Crippen LogP contribution < -0.4 is 10.1 Å². The highest BCUT2D eigenvalue weighted by Crippen LogP contribution is 2.24. The zero-order valence-electron chi connectivity index (χ0n) is 8.66. The van der Waals surface area contributed by atoms with E-state index in [0.717, 1.165) is 25.2 Å². The Hall–Kier alpha value is -1.60. The van der Waals surface area contributed by atoms with Crippen molar-refractivity contribution in [3.05, 3.63) is 23.4 Å². The van der Waals surface area contributed by atoms with E-state index in [9.17, 15) is 0 Å². The maximum absolute atomic E-state index is 8.82. The molecule has 78 valence electrons. The van der Waals surface area contributed by atoms with Crippen molar-refractivity contribution in [2.24, 2.45) is 0 Å². The van der Waals surface area contributed by atoms with E-state index in [4.69, 9.17) is 10.00 Å². The minimum atomic E-state index is 0.432. The molecule has 1 aromatic heterocycles. The molecule has 1 fully saturated rings. The molecule has 1 unspecified atom stereocenters. The maximum Gasteiger partial charge on any atom is 0.231 e. The number of hydrogen-bond donors (Lipinski definition) is 1. The highest BCUT2D eigenvalue weighted by Gasteiger charge is 2.19. The largest absolute Gasteiger partial charge is 0.480 e. The third kappa shape index (κ3) is 1.92. The second-order valence-corrected chi connectivity index (χ2v) is 3.59. The zero-order valence-corrected chi connectivity index (χ0v) is 8.66. The maximum atomic E-state index is 8.82. The van der Waals surface area contributed by atoms with Crippen LogP contribution in [0.2, 0.25) is 0 Å². The van der Waals surface area contributed by atoms with Crippen LogP contribution in [0.3, 0.4) is 0 Å². The normalized spacial score (nSPS) is 19.9. The van der Waals surface area contributed by atoms with Crippen molar-refractivity contribution in [1.82, 2.24) is 10.3 Å². The molecular formula is C11H13N3O. The van der Waals surface area contributed by atoms with Crippen LogP contribution in [-0.2, 0) is 0 Å². The van der Waals surface area contributed by atoms with E-state index < -0.39 is 0 Å². The highest BCUT2D eigenvalue weighted by molar-refractivity contribution is 5.39. The van der Waals surface area contributed by atoms with E-state index >= 15 is 0 Å². The Morgan fingerprint density at radius 1 is 1.60 bits per heavy atom. The fourth-order valence-electron chi connectivity index (χ4n) is 1.83. The van der Waals surface area contributed by atoms with Crippen molar-refractivity contribution >= 4 is 0 Å². The lowest BCUT2D eigenvalue weighted by atomic mass is 10.0. The van der Waals surface area contributed by atoms with E-state index in [-0.39, 0.29) is 0 Å². The molecule has 1 aliphatic rings. The Bertz CT molecular complexity index is 391. The number of ether oxygens (including phenoxy) is 1. The average molecular weight is 203 g/mol. The monoisotopic (exact) mass is 203 g/mol. The van der Waals surface area contributed by atoms with Gasteiger partial charge in [-0.3, -0.25) is 0 Å². The molecule has 1 saturated heterocycles. The Kier molecular flexibility index (Phi) is 2.84. The molecule has 0 aliphatic carbocycles. The van der Waals surface area contributed by atoms with Crippen LogP contribution >= 0.6 is 0 Å². The minimum Gasteiger partial charge on any atom is -0.480 e. The van der Waals surface area contributed by atoms with E-state index in [0.29, 0.717) is 17.4 Å². The molecule has 0 spiro atoms. The summed E-state index contributed by atoms with van der Waals surface area (Å²) in [7, 11) is 1.54. The number of rotatable bonds is 2. The number of methoxy groups -OCH3 is 1. The summed E-state index contributed by atoms with van der Waals surface area (Å²) in [6.45, 7) is 2.00. The van der Waals surface area contributed by atoms with Gasteiger partial charge in [0.2, 0.25) is 5.88 Å². The lowest BCUT2D eigenvalue weighted by Gasteiger charge is -2.09. The van der Waals surface area contributed by atoms with Gasteiger partial charge >= 0.3 is 0 Å². The van der Waals surface area contributed by atoms with Crippen molar-refractivity contribution in [3.63, 3.8) is 0 Å². The molecule has 2 heterocycles. The quantitative estimate of drug-likeness (QED) is 0.780. The summed E-state index contributed by atoms with van der Waals surface area (Å²) in [5.41, 5.74) is 1.50. The number of nitrogens with zero attached hydrogens (tertiary/aromatic N) is 2. The topological polar surface area (TPSA) is 57.9 Å². The third-order valence-electron chi connectivity index (χ3n) is 2.67. The predicted octanol–water partition coefficient (Wildman–Crippen LogP) is 1.04. The molecular weight excluding hydrogens is 190 g/mol. The Labute approximate surface area is 88.9 Å². The summed E-state index contributed by atoms with van der Waals surface area (Å²) in [5, 5.41) is 12.1. The van der Waals surface area contributed by atoms with E-state index in [1.807, 2.05) is 6.07 Å². The van der Waals surface area contributed by atoms with Crippen molar-refractivity contribution in [3.8, 4) is 11.9 Å². The van der Waals surface area contributed by atoms with Crippen molar-refractivity contribution in [2.45, 2.75) is 12.3 Å². The van der Waals surface area contributed by atoms with Crippen molar-refractivity contribution in [1.29, 1.82) is 5.26 Å². The third-order valence-corrected chi connectivity index (χ3v) is 2.67. The van der Waals surface area contributed by atoms with Crippen LogP contribution in [0, 0.1) is 11.3 Å². The second-order valence-electron chi connectivity index (χ2n) is 3.59. The first-order chi connectivity index (χ1) is 7.35. The molecule has 4 nitrogen and oxygen atoms in total. The molecule has 15 heavy (non-hydrogen) atoms. The number of pyridine rings is 1. The van der Waals surface area contributed by atoms with E-state index in [1.54, 1.807) is 13.2 Å². The smallest absolute Gasteiger partial charge is 0.231 e. The molecule has 0 saturated carbocycles. The molecule has 0 amide bonds. The summed E-state index contributed by atoms with van der Waals surface area (Å²) >= 11 is 0. The lowest BCUT2D eigenvalue weighted by Crippen LogP contribution is -2.09. The zero-order chi connectivity index (χ0) is 10.7. The fourth-order valence-corrected chi connectivity index (χ4v) is 1.83. The fraction of sp³-hybridized carbons (Fsp3) is 0.455. The first-order valence-electron chi connectivity index (χ1n) is 5.01. The SMILES string of the molecule is COc1nc(C2CCNC2)ccc1C#N. The van der Waals surface area contributed by atoms with Crippen LogP contribution in [-0.4, -0.2) is 25.2 Å². The number of nitrogens with one attached hydrogen (secondary N) is 1. The van der Waals surface area contributed by atoms with Gasteiger partial charge in [-0.25, -0.2) is 4.98 Å². The number of nitriles is 1. The van der Waals surface area contributed by atoms with Gasteiger partial charge in [-0.2, -0.15) is 5.26 Å². The van der Waals surface area contributed by atoms with Crippen LogP contribution in [0.15, 0.2) is 12.1 Å². The predicted molar refractivity (Wildman–Crippen MR) is 55.7 cm³/mol. The van der Waals surface area contributed by atoms with Gasteiger partial charge in [-0.15, -0.1) is 0 Å². The van der Waals surface area contributed by atoms with Gasteiger partial charge in [-0.1, -0.05) is 0 Å². The summed E-state index contributed by atoms with van der Waals surface area (Å²) in [6.07, 6.45) is 1.10. The highest BCUT2D eigenvalue weighted by atomic mass is 16.5. The van der Waals surface area contributed by atoms with Gasteiger partial charge in [-0.05, 0) is 25.1 Å². The van der Waals surface area contributed by atoms with Crippen LogP contribution in [0.1, 0.15) is 23.6 Å². The first-order valence-corrected chi connectivity index (χ1v) is 5.01. The van der Waals surface area contributed by atoms with Crippen molar-refractivity contribution < 1.29 is 4.74 Å². The van der Waals surface area contributed by atoms with Gasteiger partial charge in [0, 0.05) is 18.2 Å².